The fourth-order valence-corrected chi connectivity index (χ4v) is 3.65. The van der Waals surface area contributed by atoms with Crippen LogP contribution in [-0.4, -0.2) is 44.0 Å². The summed E-state index contributed by atoms with van der Waals surface area (Å²) in [7, 11) is 1.69. The predicted molar refractivity (Wildman–Crippen MR) is 92.3 cm³/mol. The lowest BCUT2D eigenvalue weighted by atomic mass is 9.86. The highest BCUT2D eigenvalue weighted by molar-refractivity contribution is 5.90. The van der Waals surface area contributed by atoms with Crippen LogP contribution in [0.3, 0.4) is 0 Å². The molecule has 1 aromatic carbocycles. The molecule has 0 amide bonds. The molecule has 126 valence electrons. The molecule has 23 heavy (non-hydrogen) atoms. The molecule has 0 saturated carbocycles. The Morgan fingerprint density at radius 3 is 2.96 bits per heavy atom. The number of piperidine rings is 1. The van der Waals surface area contributed by atoms with Gasteiger partial charge in [0.05, 0.1) is 19.8 Å². The van der Waals surface area contributed by atoms with E-state index in [-0.39, 0.29) is 6.04 Å². The summed E-state index contributed by atoms with van der Waals surface area (Å²) in [6.07, 6.45) is 2.25. The molecule has 1 N–H and O–H groups in total. The summed E-state index contributed by atoms with van der Waals surface area (Å²) in [4.78, 5) is 2.55. The molecule has 3 rings (SSSR count). The summed E-state index contributed by atoms with van der Waals surface area (Å²) in [5.74, 6) is 2.06. The summed E-state index contributed by atoms with van der Waals surface area (Å²) < 4.78 is 11.4. The number of nitrogens with zero attached hydrogens (tertiary/aromatic N) is 2. The number of hydrogen-bond donors (Lipinski definition) is 1. The van der Waals surface area contributed by atoms with Gasteiger partial charge >= 0.3 is 0 Å². The molecule has 2 unspecified atom stereocenters. The van der Waals surface area contributed by atoms with E-state index in [4.69, 9.17) is 9.47 Å². The highest BCUT2D eigenvalue weighted by Crippen LogP contribution is 2.41. The zero-order valence-corrected chi connectivity index (χ0v) is 14.3. The normalized spacial score (nSPS) is 23.9. The lowest BCUT2D eigenvalue weighted by molar-refractivity contribution is 0.225. The van der Waals surface area contributed by atoms with E-state index in [1.807, 2.05) is 19.1 Å². The highest BCUT2D eigenvalue weighted by atomic mass is 16.5. The van der Waals surface area contributed by atoms with Gasteiger partial charge in [0.2, 0.25) is 0 Å². The van der Waals surface area contributed by atoms with Crippen LogP contribution in [0.15, 0.2) is 23.3 Å². The maximum Gasteiger partial charge on any atom is 0.166 e. The van der Waals surface area contributed by atoms with Crippen molar-refractivity contribution >= 4 is 5.71 Å². The van der Waals surface area contributed by atoms with Gasteiger partial charge in [-0.05, 0) is 26.0 Å². The fraction of sp³-hybridized carbons (Fsp3) is 0.611. The third-order valence-electron chi connectivity index (χ3n) is 4.71. The molecule has 0 bridgehead atoms. The van der Waals surface area contributed by atoms with Crippen LogP contribution in [0, 0.1) is 5.92 Å². The number of nitrogens with one attached hydrogen (secondary N) is 1. The quantitative estimate of drug-likeness (QED) is 0.876. The smallest absolute Gasteiger partial charge is 0.166 e. The molecule has 1 aromatic rings. The monoisotopic (exact) mass is 317 g/mol. The Bertz CT molecular complexity index is 573. The maximum absolute atomic E-state index is 5.90. The first-order chi connectivity index (χ1) is 11.3. The van der Waals surface area contributed by atoms with Crippen LogP contribution in [0.25, 0.3) is 0 Å². The third-order valence-corrected chi connectivity index (χ3v) is 4.71. The van der Waals surface area contributed by atoms with Crippen LogP contribution in [0.4, 0.5) is 0 Å². The molecule has 0 aliphatic carbocycles. The van der Waals surface area contributed by atoms with E-state index < -0.39 is 0 Å². The van der Waals surface area contributed by atoms with E-state index in [9.17, 15) is 0 Å². The molecule has 2 aliphatic rings. The van der Waals surface area contributed by atoms with Crippen LogP contribution in [0.1, 0.15) is 38.3 Å². The van der Waals surface area contributed by atoms with Crippen LogP contribution in [0.2, 0.25) is 0 Å². The zero-order valence-electron chi connectivity index (χ0n) is 14.3. The van der Waals surface area contributed by atoms with Crippen molar-refractivity contribution in [2.45, 2.75) is 32.7 Å². The molecule has 5 heteroatoms. The third kappa shape index (κ3) is 3.15. The Balaban J connectivity index is 1.87. The summed E-state index contributed by atoms with van der Waals surface area (Å²) >= 11 is 0. The number of hydrogen-bond acceptors (Lipinski definition) is 5. The van der Waals surface area contributed by atoms with Gasteiger partial charge in [-0.3, -0.25) is 0 Å². The van der Waals surface area contributed by atoms with E-state index in [1.165, 1.54) is 12.1 Å². The van der Waals surface area contributed by atoms with E-state index >= 15 is 0 Å². The van der Waals surface area contributed by atoms with Crippen molar-refractivity contribution in [1.29, 1.82) is 0 Å². The van der Waals surface area contributed by atoms with Crippen molar-refractivity contribution in [2.75, 3.05) is 33.4 Å². The number of methoxy groups -OCH3 is 1. The van der Waals surface area contributed by atoms with Gasteiger partial charge in [0.25, 0.3) is 0 Å². The first kappa shape index (κ1) is 16.1. The molecule has 2 aliphatic heterocycles. The summed E-state index contributed by atoms with van der Waals surface area (Å²) in [5, 5.41) is 4.61. The van der Waals surface area contributed by atoms with Crippen molar-refractivity contribution in [3.8, 4) is 11.5 Å². The summed E-state index contributed by atoms with van der Waals surface area (Å²) in [6, 6.07) is 6.28. The minimum atomic E-state index is 0.168. The SMILES string of the molecule is CCCN1CCC2=NNC(c3cccc(OC)c3OCC)C2C1. The second-order valence-corrected chi connectivity index (χ2v) is 6.18. The van der Waals surface area contributed by atoms with E-state index in [0.29, 0.717) is 12.5 Å². The Kier molecular flexibility index (Phi) is 5.06. The van der Waals surface area contributed by atoms with Gasteiger partial charge in [0.1, 0.15) is 0 Å². The number of benzene rings is 1. The standard InChI is InChI=1S/C18H27N3O2/c1-4-10-21-11-9-15-14(12-21)17(20-19-15)13-7-6-8-16(22-3)18(13)23-5-2/h6-8,14,17,20H,4-5,9-12H2,1-3H3. The molecular weight excluding hydrogens is 290 g/mol. The number of rotatable bonds is 6. The average molecular weight is 317 g/mol. The van der Waals surface area contributed by atoms with Crippen molar-refractivity contribution in [2.24, 2.45) is 11.0 Å². The predicted octanol–water partition coefficient (Wildman–Crippen LogP) is 2.83. The highest BCUT2D eigenvalue weighted by Gasteiger charge is 2.38. The molecule has 0 aromatic heterocycles. The minimum Gasteiger partial charge on any atom is -0.493 e. The Morgan fingerprint density at radius 1 is 1.35 bits per heavy atom. The van der Waals surface area contributed by atoms with Gasteiger partial charge in [-0.1, -0.05) is 19.1 Å². The first-order valence-corrected chi connectivity index (χ1v) is 8.62. The molecule has 1 saturated heterocycles. The summed E-state index contributed by atoms with van der Waals surface area (Å²) in [6.45, 7) is 8.21. The van der Waals surface area contributed by atoms with E-state index in [2.05, 4.69) is 28.4 Å². The van der Waals surface area contributed by atoms with Crippen molar-refractivity contribution < 1.29 is 9.47 Å². The van der Waals surface area contributed by atoms with E-state index in [0.717, 1.165) is 43.1 Å². The second-order valence-electron chi connectivity index (χ2n) is 6.18. The van der Waals surface area contributed by atoms with Gasteiger partial charge in [0, 0.05) is 36.7 Å². The van der Waals surface area contributed by atoms with Crippen LogP contribution in [0.5, 0.6) is 11.5 Å². The lowest BCUT2D eigenvalue weighted by Gasteiger charge is -2.33. The van der Waals surface area contributed by atoms with Gasteiger partial charge in [-0.25, -0.2) is 0 Å². The molecule has 1 fully saturated rings. The van der Waals surface area contributed by atoms with Crippen LogP contribution < -0.4 is 14.9 Å². The molecule has 2 heterocycles. The lowest BCUT2D eigenvalue weighted by Crippen LogP contribution is -2.42. The Hall–Kier alpha value is -1.75. The van der Waals surface area contributed by atoms with Crippen molar-refractivity contribution in [3.63, 3.8) is 0 Å². The fourth-order valence-electron chi connectivity index (χ4n) is 3.65. The maximum atomic E-state index is 5.90. The number of ether oxygens (including phenoxy) is 2. The second kappa shape index (κ2) is 7.21. The molecule has 2 atom stereocenters. The molecule has 0 spiro atoms. The molecule has 0 radical (unpaired) electrons. The Labute approximate surface area is 138 Å². The minimum absolute atomic E-state index is 0.168. The Morgan fingerprint density at radius 2 is 2.22 bits per heavy atom. The summed E-state index contributed by atoms with van der Waals surface area (Å²) in [5.41, 5.74) is 5.80. The topological polar surface area (TPSA) is 46.1 Å². The largest absolute Gasteiger partial charge is 0.493 e. The van der Waals surface area contributed by atoms with Crippen LogP contribution >= 0.6 is 0 Å². The number of likely N-dealkylation sites (tertiary alicyclic amines) is 1. The number of para-hydroxylation sites is 1. The number of hydrazone groups is 1. The average Bonchev–Trinajstić information content (AvgIpc) is 2.99. The van der Waals surface area contributed by atoms with E-state index in [1.54, 1.807) is 7.11 Å². The van der Waals surface area contributed by atoms with Crippen molar-refractivity contribution in [1.82, 2.24) is 10.3 Å². The van der Waals surface area contributed by atoms with Gasteiger partial charge < -0.3 is 19.8 Å². The van der Waals surface area contributed by atoms with Gasteiger partial charge in [-0.2, -0.15) is 5.10 Å². The molecule has 5 nitrogen and oxygen atoms in total. The zero-order chi connectivity index (χ0) is 16.2. The van der Waals surface area contributed by atoms with Gasteiger partial charge in [0.15, 0.2) is 11.5 Å². The number of fused-ring (bicyclic) bond motifs is 1. The van der Waals surface area contributed by atoms with Crippen molar-refractivity contribution in [3.05, 3.63) is 23.8 Å². The van der Waals surface area contributed by atoms with Gasteiger partial charge in [-0.15, -0.1) is 0 Å². The first-order valence-electron chi connectivity index (χ1n) is 8.62. The van der Waals surface area contributed by atoms with Crippen LogP contribution in [-0.2, 0) is 0 Å². The molecular formula is C18H27N3O2.